The van der Waals surface area contributed by atoms with Crippen LogP contribution in [0.1, 0.15) is 49.5 Å². The first-order valence-corrected chi connectivity index (χ1v) is 9.84. The molecule has 0 amide bonds. The minimum absolute atomic E-state index is 0.000719. The highest BCUT2D eigenvalue weighted by molar-refractivity contribution is 7.90. The van der Waals surface area contributed by atoms with Crippen LogP contribution < -0.4 is 0 Å². The van der Waals surface area contributed by atoms with Gasteiger partial charge in [-0.15, -0.1) is 0 Å². The summed E-state index contributed by atoms with van der Waals surface area (Å²) in [6.07, 6.45) is 6.02. The van der Waals surface area contributed by atoms with Gasteiger partial charge in [-0.3, -0.25) is 0 Å². The van der Waals surface area contributed by atoms with Crippen LogP contribution in [-0.2, 0) is 9.84 Å². The van der Waals surface area contributed by atoms with Crippen molar-refractivity contribution >= 4 is 9.84 Å². The summed E-state index contributed by atoms with van der Waals surface area (Å²) >= 11 is 0. The standard InChI is InChI=1S/C17H19F2NO3S/c1-10-16(17(20-23-10)11-6-4-3-5-7-11)12-8-14(19)15(9-13(12)18)24(2,21)22/h8-9,11H,3-7H2,1-2H3. The van der Waals surface area contributed by atoms with Crippen LogP contribution in [0.3, 0.4) is 0 Å². The molecule has 1 aliphatic carbocycles. The van der Waals surface area contributed by atoms with Crippen molar-refractivity contribution in [3.05, 3.63) is 35.2 Å². The first kappa shape index (κ1) is 17.1. The molecular formula is C17H19F2NO3S. The number of aromatic nitrogens is 1. The van der Waals surface area contributed by atoms with Gasteiger partial charge in [0.2, 0.25) is 0 Å². The number of rotatable bonds is 3. The highest BCUT2D eigenvalue weighted by Gasteiger charge is 2.28. The van der Waals surface area contributed by atoms with E-state index in [1.54, 1.807) is 6.92 Å². The van der Waals surface area contributed by atoms with Crippen LogP contribution >= 0.6 is 0 Å². The van der Waals surface area contributed by atoms with Crippen molar-refractivity contribution in [2.45, 2.75) is 49.8 Å². The lowest BCUT2D eigenvalue weighted by atomic mass is 9.84. The largest absolute Gasteiger partial charge is 0.361 e. The number of benzene rings is 1. The normalized spacial score (nSPS) is 16.5. The molecule has 0 atom stereocenters. The third kappa shape index (κ3) is 3.09. The van der Waals surface area contributed by atoms with E-state index in [1.807, 2.05) is 0 Å². The third-order valence-electron chi connectivity index (χ3n) is 4.57. The SMILES string of the molecule is Cc1onc(C2CCCCC2)c1-c1cc(F)c(S(C)(=O)=O)cc1F. The maximum absolute atomic E-state index is 14.6. The molecule has 0 radical (unpaired) electrons. The van der Waals surface area contributed by atoms with Gasteiger partial charge in [-0.2, -0.15) is 0 Å². The molecule has 0 unspecified atom stereocenters. The summed E-state index contributed by atoms with van der Waals surface area (Å²) in [5.41, 5.74) is 1.08. The number of hydrogen-bond acceptors (Lipinski definition) is 4. The van der Waals surface area contributed by atoms with Gasteiger partial charge in [0.05, 0.1) is 11.3 Å². The predicted octanol–water partition coefficient (Wildman–Crippen LogP) is 4.38. The lowest BCUT2D eigenvalue weighted by Crippen LogP contribution is -2.07. The molecule has 1 saturated carbocycles. The van der Waals surface area contributed by atoms with Crippen LogP contribution in [0, 0.1) is 18.6 Å². The Labute approximate surface area is 139 Å². The van der Waals surface area contributed by atoms with Gasteiger partial charge in [0, 0.05) is 17.7 Å². The molecule has 4 nitrogen and oxygen atoms in total. The first-order chi connectivity index (χ1) is 11.3. The first-order valence-electron chi connectivity index (χ1n) is 7.94. The molecule has 1 aromatic heterocycles. The minimum atomic E-state index is -3.84. The van der Waals surface area contributed by atoms with Crippen LogP contribution in [0.15, 0.2) is 21.6 Å². The second-order valence-corrected chi connectivity index (χ2v) is 8.35. The van der Waals surface area contributed by atoms with E-state index in [9.17, 15) is 17.2 Å². The van der Waals surface area contributed by atoms with E-state index in [2.05, 4.69) is 5.16 Å². The van der Waals surface area contributed by atoms with Crippen molar-refractivity contribution in [2.24, 2.45) is 0 Å². The molecule has 24 heavy (non-hydrogen) atoms. The lowest BCUT2D eigenvalue weighted by Gasteiger charge is -2.20. The zero-order chi connectivity index (χ0) is 17.5. The number of hydrogen-bond donors (Lipinski definition) is 0. The van der Waals surface area contributed by atoms with Crippen molar-refractivity contribution in [3.8, 4) is 11.1 Å². The Morgan fingerprint density at radius 1 is 1.12 bits per heavy atom. The fourth-order valence-corrected chi connectivity index (χ4v) is 4.11. The summed E-state index contributed by atoms with van der Waals surface area (Å²) in [5, 5.41) is 4.08. The van der Waals surface area contributed by atoms with Gasteiger partial charge >= 0.3 is 0 Å². The number of sulfone groups is 1. The maximum atomic E-state index is 14.6. The van der Waals surface area contributed by atoms with Crippen LogP contribution in [0.2, 0.25) is 0 Å². The molecule has 2 aromatic rings. The van der Waals surface area contributed by atoms with Crippen LogP contribution in [0.25, 0.3) is 11.1 Å². The monoisotopic (exact) mass is 355 g/mol. The third-order valence-corrected chi connectivity index (χ3v) is 5.68. The van der Waals surface area contributed by atoms with E-state index in [0.717, 1.165) is 50.5 Å². The average Bonchev–Trinajstić information content (AvgIpc) is 2.90. The van der Waals surface area contributed by atoms with Crippen molar-refractivity contribution in [1.82, 2.24) is 5.16 Å². The Morgan fingerprint density at radius 2 is 1.79 bits per heavy atom. The fourth-order valence-electron chi connectivity index (χ4n) is 3.38. The van der Waals surface area contributed by atoms with Crippen LogP contribution in [0.4, 0.5) is 8.78 Å². The summed E-state index contributed by atoms with van der Waals surface area (Å²) in [4.78, 5) is -0.642. The van der Waals surface area contributed by atoms with Crippen LogP contribution in [-0.4, -0.2) is 19.8 Å². The molecule has 130 valence electrons. The molecule has 7 heteroatoms. The van der Waals surface area contributed by atoms with E-state index < -0.39 is 26.4 Å². The van der Waals surface area contributed by atoms with Crippen LogP contribution in [0.5, 0.6) is 0 Å². The summed E-state index contributed by atoms with van der Waals surface area (Å²) in [5.74, 6) is -1.20. The molecule has 0 aliphatic heterocycles. The van der Waals surface area contributed by atoms with Gasteiger partial charge in [0.25, 0.3) is 0 Å². The molecule has 1 aromatic carbocycles. The van der Waals surface area contributed by atoms with Gasteiger partial charge in [-0.1, -0.05) is 24.4 Å². The zero-order valence-corrected chi connectivity index (χ0v) is 14.4. The van der Waals surface area contributed by atoms with Gasteiger partial charge in [0.1, 0.15) is 22.3 Å². The molecule has 0 N–H and O–H groups in total. The molecule has 1 fully saturated rings. The summed E-state index contributed by atoms with van der Waals surface area (Å²) in [6.45, 7) is 1.65. The molecule has 1 aliphatic rings. The van der Waals surface area contributed by atoms with Crippen molar-refractivity contribution in [3.63, 3.8) is 0 Å². The lowest BCUT2D eigenvalue weighted by molar-refractivity contribution is 0.367. The Kier molecular flexibility index (Phi) is 4.46. The minimum Gasteiger partial charge on any atom is -0.361 e. The van der Waals surface area contributed by atoms with Crippen molar-refractivity contribution < 1.29 is 21.7 Å². The highest BCUT2D eigenvalue weighted by atomic mass is 32.2. The summed E-state index contributed by atoms with van der Waals surface area (Å²) < 4.78 is 57.1. The molecular weight excluding hydrogens is 336 g/mol. The van der Waals surface area contributed by atoms with Gasteiger partial charge < -0.3 is 4.52 Å². The van der Waals surface area contributed by atoms with Gasteiger partial charge in [-0.25, -0.2) is 17.2 Å². The number of halogens is 2. The summed E-state index contributed by atoms with van der Waals surface area (Å²) in [6, 6.07) is 1.66. The average molecular weight is 355 g/mol. The molecule has 0 bridgehead atoms. The predicted molar refractivity (Wildman–Crippen MR) is 85.5 cm³/mol. The Morgan fingerprint density at radius 3 is 2.42 bits per heavy atom. The van der Waals surface area contributed by atoms with Crippen molar-refractivity contribution in [2.75, 3.05) is 6.26 Å². The van der Waals surface area contributed by atoms with E-state index in [-0.39, 0.29) is 11.5 Å². The molecule has 1 heterocycles. The highest BCUT2D eigenvalue weighted by Crippen LogP contribution is 2.40. The maximum Gasteiger partial charge on any atom is 0.178 e. The Hall–Kier alpha value is -1.76. The Balaban J connectivity index is 2.13. The van der Waals surface area contributed by atoms with E-state index in [1.165, 1.54) is 0 Å². The topological polar surface area (TPSA) is 60.2 Å². The second kappa shape index (κ2) is 6.27. The quantitative estimate of drug-likeness (QED) is 0.820. The molecule has 0 spiro atoms. The summed E-state index contributed by atoms with van der Waals surface area (Å²) in [7, 11) is -3.84. The van der Waals surface area contributed by atoms with E-state index >= 15 is 0 Å². The zero-order valence-electron chi connectivity index (χ0n) is 13.6. The van der Waals surface area contributed by atoms with E-state index in [4.69, 9.17) is 4.52 Å². The molecule has 0 saturated heterocycles. The van der Waals surface area contributed by atoms with Gasteiger partial charge in [-0.05, 0) is 31.9 Å². The van der Waals surface area contributed by atoms with Crippen molar-refractivity contribution in [1.29, 1.82) is 0 Å². The smallest absolute Gasteiger partial charge is 0.178 e. The Bertz CT molecular complexity index is 868. The number of aryl methyl sites for hydroxylation is 1. The second-order valence-electron chi connectivity index (χ2n) is 6.37. The fraction of sp³-hybridized carbons (Fsp3) is 0.471. The molecule has 3 rings (SSSR count). The van der Waals surface area contributed by atoms with Gasteiger partial charge in [0.15, 0.2) is 9.84 Å². The van der Waals surface area contributed by atoms with E-state index in [0.29, 0.717) is 17.0 Å². The number of nitrogens with zero attached hydrogens (tertiary/aromatic N) is 1.